The number of nitrogens with one attached hydrogen (secondary N) is 2. The number of halogens is 1. The van der Waals surface area contributed by atoms with Crippen molar-refractivity contribution in [3.8, 4) is 0 Å². The lowest BCUT2D eigenvalue weighted by Gasteiger charge is -2.30. The van der Waals surface area contributed by atoms with Gasteiger partial charge in [-0.25, -0.2) is 9.59 Å². The third-order valence-corrected chi connectivity index (χ3v) is 6.02. The summed E-state index contributed by atoms with van der Waals surface area (Å²) in [7, 11) is 3.51. The molecule has 1 fully saturated rings. The molecule has 158 valence electrons. The van der Waals surface area contributed by atoms with Gasteiger partial charge in [-0.3, -0.25) is 9.13 Å². The average molecular weight is 428 g/mol. The molecule has 0 atom stereocenters. The Morgan fingerprint density at radius 2 is 1.57 bits per heavy atom. The predicted octanol–water partition coefficient (Wildman–Crippen LogP) is 4.47. The lowest BCUT2D eigenvalue weighted by molar-refractivity contribution is 0.262. The van der Waals surface area contributed by atoms with E-state index in [0.717, 1.165) is 48.2 Å². The van der Waals surface area contributed by atoms with Crippen LogP contribution in [-0.2, 0) is 14.1 Å². The van der Waals surface area contributed by atoms with Crippen LogP contribution in [0, 0.1) is 6.92 Å². The number of carbonyl (C=O) groups excluding carboxylic acids is 1. The first-order chi connectivity index (χ1) is 14.3. The number of amides is 2. The van der Waals surface area contributed by atoms with Gasteiger partial charge in [0.25, 0.3) is 0 Å². The molecule has 1 aromatic heterocycles. The first-order valence-corrected chi connectivity index (χ1v) is 10.5. The van der Waals surface area contributed by atoms with Crippen molar-refractivity contribution < 1.29 is 4.79 Å². The fraction of sp³-hybridized carbons (Fsp3) is 0.364. The van der Waals surface area contributed by atoms with Gasteiger partial charge in [-0.1, -0.05) is 17.7 Å². The van der Waals surface area contributed by atoms with Crippen LogP contribution in [0.5, 0.6) is 0 Å². The number of aryl methyl sites for hydroxylation is 3. The molecule has 4 rings (SSSR count). The van der Waals surface area contributed by atoms with E-state index in [-0.39, 0.29) is 11.7 Å². The van der Waals surface area contributed by atoms with E-state index in [1.807, 2.05) is 25.1 Å². The number of aromatic nitrogens is 2. The fourth-order valence-corrected chi connectivity index (χ4v) is 4.21. The molecule has 0 bridgehead atoms. The predicted molar refractivity (Wildman–Crippen MR) is 123 cm³/mol. The minimum atomic E-state index is -0.348. The van der Waals surface area contributed by atoms with Gasteiger partial charge in [-0.05, 0) is 56.0 Å². The number of anilines is 3. The first kappa shape index (κ1) is 20.3. The number of hydrogen-bond donors (Lipinski definition) is 2. The van der Waals surface area contributed by atoms with Gasteiger partial charge in [-0.2, -0.15) is 0 Å². The van der Waals surface area contributed by atoms with E-state index in [0.29, 0.717) is 16.4 Å². The van der Waals surface area contributed by atoms with Gasteiger partial charge in [0.2, 0.25) is 0 Å². The van der Waals surface area contributed by atoms with Crippen molar-refractivity contribution in [3.63, 3.8) is 0 Å². The molecule has 2 amide bonds. The summed E-state index contributed by atoms with van der Waals surface area (Å²) in [6.07, 6.45) is 3.43. The van der Waals surface area contributed by atoms with E-state index in [4.69, 9.17) is 11.6 Å². The highest BCUT2D eigenvalue weighted by molar-refractivity contribution is 6.31. The third kappa shape index (κ3) is 3.77. The number of fused-ring (bicyclic) bond motifs is 1. The maximum atomic E-state index is 12.8. The summed E-state index contributed by atoms with van der Waals surface area (Å²) in [5.41, 5.74) is 4.73. The molecule has 0 unspecified atom stereocenters. The zero-order valence-electron chi connectivity index (χ0n) is 17.5. The van der Waals surface area contributed by atoms with Crippen LogP contribution in [-0.4, -0.2) is 28.3 Å². The Morgan fingerprint density at radius 3 is 2.27 bits per heavy atom. The highest BCUT2D eigenvalue weighted by Gasteiger charge is 2.20. The number of nitrogens with zero attached hydrogens (tertiary/aromatic N) is 3. The minimum absolute atomic E-state index is 0.0919. The summed E-state index contributed by atoms with van der Waals surface area (Å²) in [6.45, 7) is 3.77. The highest BCUT2D eigenvalue weighted by atomic mass is 35.5. The molecule has 7 nitrogen and oxygen atoms in total. The lowest BCUT2D eigenvalue weighted by atomic mass is 10.1. The van der Waals surface area contributed by atoms with Gasteiger partial charge in [-0.15, -0.1) is 0 Å². The van der Waals surface area contributed by atoms with Crippen LogP contribution < -0.4 is 21.2 Å². The molecule has 1 aliphatic heterocycles. The number of rotatable bonds is 3. The number of piperidine rings is 1. The summed E-state index contributed by atoms with van der Waals surface area (Å²) >= 11 is 6.07. The van der Waals surface area contributed by atoms with E-state index in [1.165, 1.54) is 6.42 Å². The molecule has 2 aromatic carbocycles. The van der Waals surface area contributed by atoms with Gasteiger partial charge < -0.3 is 15.5 Å². The fourth-order valence-electron chi connectivity index (χ4n) is 4.04. The summed E-state index contributed by atoms with van der Waals surface area (Å²) in [5.74, 6) is 0. The smallest absolute Gasteiger partial charge is 0.328 e. The second-order valence-corrected chi connectivity index (χ2v) is 8.28. The Labute approximate surface area is 180 Å². The van der Waals surface area contributed by atoms with Crippen molar-refractivity contribution in [2.75, 3.05) is 28.6 Å². The van der Waals surface area contributed by atoms with Crippen LogP contribution >= 0.6 is 11.6 Å². The maximum Gasteiger partial charge on any atom is 0.328 e. The van der Waals surface area contributed by atoms with E-state index in [2.05, 4.69) is 15.5 Å². The van der Waals surface area contributed by atoms with Crippen molar-refractivity contribution in [2.45, 2.75) is 26.2 Å². The Bertz CT molecular complexity index is 1170. The van der Waals surface area contributed by atoms with Crippen LogP contribution in [0.1, 0.15) is 24.8 Å². The molecule has 0 spiro atoms. The van der Waals surface area contributed by atoms with Crippen molar-refractivity contribution in [1.82, 2.24) is 9.13 Å². The minimum Gasteiger partial charge on any atom is -0.370 e. The van der Waals surface area contributed by atoms with Gasteiger partial charge in [0.15, 0.2) is 0 Å². The standard InChI is InChI=1S/C22H26ClN5O2/c1-14-7-8-15(23)11-16(14)24-21(29)25-17-12-19-20(27(3)22(30)26(19)2)13-18(17)28-9-5-4-6-10-28/h7-8,11-13H,4-6,9-10H2,1-3H3,(H2,24,25,29). The normalized spacial score (nSPS) is 14.2. The number of urea groups is 1. The molecule has 2 N–H and O–H groups in total. The van der Waals surface area contributed by atoms with Crippen LogP contribution in [0.3, 0.4) is 0 Å². The van der Waals surface area contributed by atoms with Crippen LogP contribution in [0.15, 0.2) is 35.1 Å². The number of carbonyl (C=O) groups is 1. The van der Waals surface area contributed by atoms with E-state index in [1.54, 1.807) is 35.4 Å². The first-order valence-electron chi connectivity index (χ1n) is 10.1. The lowest BCUT2D eigenvalue weighted by Crippen LogP contribution is -2.31. The van der Waals surface area contributed by atoms with Gasteiger partial charge in [0.1, 0.15) is 0 Å². The summed E-state index contributed by atoms with van der Waals surface area (Å²) in [5, 5.41) is 6.43. The Morgan fingerprint density at radius 1 is 0.933 bits per heavy atom. The van der Waals surface area contributed by atoms with E-state index >= 15 is 0 Å². The molecule has 1 aliphatic rings. The SMILES string of the molecule is Cc1ccc(Cl)cc1NC(=O)Nc1cc2c(cc1N1CCCCC1)n(C)c(=O)n2C. The number of imidazole rings is 1. The van der Waals surface area contributed by atoms with E-state index in [9.17, 15) is 9.59 Å². The molecule has 30 heavy (non-hydrogen) atoms. The second-order valence-electron chi connectivity index (χ2n) is 7.84. The second kappa shape index (κ2) is 8.07. The molecule has 0 aliphatic carbocycles. The quantitative estimate of drug-likeness (QED) is 0.647. The van der Waals surface area contributed by atoms with Crippen molar-refractivity contribution in [1.29, 1.82) is 0 Å². The largest absolute Gasteiger partial charge is 0.370 e. The Balaban J connectivity index is 1.72. The van der Waals surface area contributed by atoms with Gasteiger partial charge >= 0.3 is 11.7 Å². The number of hydrogen-bond acceptors (Lipinski definition) is 3. The summed E-state index contributed by atoms with van der Waals surface area (Å²) < 4.78 is 3.24. The Kier molecular flexibility index (Phi) is 5.47. The van der Waals surface area contributed by atoms with Gasteiger partial charge in [0.05, 0.1) is 22.4 Å². The van der Waals surface area contributed by atoms with Crippen LogP contribution in [0.2, 0.25) is 5.02 Å². The molecule has 8 heteroatoms. The summed E-state index contributed by atoms with van der Waals surface area (Å²) in [6, 6.07) is 8.92. The molecule has 3 aromatic rings. The Hall–Kier alpha value is -2.93. The third-order valence-electron chi connectivity index (χ3n) is 5.78. The highest BCUT2D eigenvalue weighted by Crippen LogP contribution is 2.33. The monoisotopic (exact) mass is 427 g/mol. The van der Waals surface area contributed by atoms with Crippen molar-refractivity contribution in [3.05, 3.63) is 51.4 Å². The topological polar surface area (TPSA) is 71.3 Å². The average Bonchev–Trinajstić information content (AvgIpc) is 2.94. The molecule has 0 radical (unpaired) electrons. The number of benzene rings is 2. The summed E-state index contributed by atoms with van der Waals surface area (Å²) in [4.78, 5) is 27.5. The zero-order valence-corrected chi connectivity index (χ0v) is 18.2. The van der Waals surface area contributed by atoms with Crippen LogP contribution in [0.25, 0.3) is 11.0 Å². The van der Waals surface area contributed by atoms with Crippen LogP contribution in [0.4, 0.5) is 21.9 Å². The molecular weight excluding hydrogens is 402 g/mol. The zero-order chi connectivity index (χ0) is 21.4. The maximum absolute atomic E-state index is 12.8. The van der Waals surface area contributed by atoms with Crippen molar-refractivity contribution >= 4 is 45.7 Å². The molecule has 0 saturated carbocycles. The molecule has 1 saturated heterocycles. The van der Waals surface area contributed by atoms with Gasteiger partial charge in [0, 0.05) is 37.9 Å². The molecule has 2 heterocycles. The molecular formula is C22H26ClN5O2. The van der Waals surface area contributed by atoms with Crippen molar-refractivity contribution in [2.24, 2.45) is 14.1 Å². The van der Waals surface area contributed by atoms with E-state index < -0.39 is 0 Å².